The molecule has 0 saturated heterocycles. The molecule has 3 aromatic rings. The third-order valence-corrected chi connectivity index (χ3v) is 6.59. The van der Waals surface area contributed by atoms with Crippen LogP contribution in [0.1, 0.15) is 38.2 Å². The van der Waals surface area contributed by atoms with Crippen molar-refractivity contribution in [2.24, 2.45) is 0 Å². The van der Waals surface area contributed by atoms with Crippen molar-refractivity contribution in [3.8, 4) is 0 Å². The van der Waals surface area contributed by atoms with E-state index in [-0.39, 0.29) is 30.2 Å². The largest absolute Gasteiger partial charge is 0.459 e. The minimum absolute atomic E-state index is 0.0231. The molecule has 0 N–H and O–H groups in total. The maximum Gasteiger partial charge on any atom is 0.290 e. The first-order valence-corrected chi connectivity index (χ1v) is 11.2. The van der Waals surface area contributed by atoms with Gasteiger partial charge in [-0.05, 0) is 48.1 Å². The lowest BCUT2D eigenvalue weighted by Gasteiger charge is -2.37. The summed E-state index contributed by atoms with van der Waals surface area (Å²) < 4.78 is 10.4. The molecule has 4 rings (SSSR count). The lowest BCUT2D eigenvalue weighted by molar-refractivity contribution is -0.134. The molecule has 3 heterocycles. The first-order valence-electron chi connectivity index (χ1n) is 10.3. The fourth-order valence-electron chi connectivity index (χ4n) is 3.96. The number of ether oxygens (including phenoxy) is 1. The third-order valence-electron chi connectivity index (χ3n) is 5.59. The molecule has 2 aromatic heterocycles. The molecule has 0 radical (unpaired) electrons. The molecule has 0 bridgehead atoms. The number of benzene rings is 1. The Morgan fingerprint density at radius 2 is 2.03 bits per heavy atom. The van der Waals surface area contributed by atoms with E-state index in [9.17, 15) is 9.59 Å². The van der Waals surface area contributed by atoms with Crippen LogP contribution in [0.3, 0.4) is 0 Å². The lowest BCUT2D eigenvalue weighted by Crippen LogP contribution is -2.47. The molecule has 1 atom stereocenters. The summed E-state index contributed by atoms with van der Waals surface area (Å²) in [5.41, 5.74) is 3.44. The quantitative estimate of drug-likeness (QED) is 0.561. The second kappa shape index (κ2) is 9.49. The normalized spacial score (nSPS) is 15.5. The predicted molar refractivity (Wildman–Crippen MR) is 119 cm³/mol. The van der Waals surface area contributed by atoms with Crippen LogP contribution in [0.4, 0.5) is 0 Å². The highest BCUT2D eigenvalue weighted by molar-refractivity contribution is 7.10. The molecule has 0 aliphatic carbocycles. The second-order valence-corrected chi connectivity index (χ2v) is 8.65. The number of carbonyl (C=O) groups is 2. The molecule has 1 aliphatic rings. The lowest BCUT2D eigenvalue weighted by atomic mass is 9.92. The predicted octanol–water partition coefficient (Wildman–Crippen LogP) is 3.91. The zero-order valence-electron chi connectivity index (χ0n) is 17.7. The van der Waals surface area contributed by atoms with Gasteiger partial charge in [-0.1, -0.05) is 29.8 Å². The molecule has 1 unspecified atom stereocenters. The van der Waals surface area contributed by atoms with Crippen LogP contribution >= 0.6 is 11.3 Å². The van der Waals surface area contributed by atoms with E-state index in [1.165, 1.54) is 27.2 Å². The van der Waals surface area contributed by atoms with E-state index in [4.69, 9.17) is 9.15 Å². The zero-order valence-corrected chi connectivity index (χ0v) is 18.6. The van der Waals surface area contributed by atoms with Gasteiger partial charge in [-0.25, -0.2) is 0 Å². The van der Waals surface area contributed by atoms with Gasteiger partial charge in [0.15, 0.2) is 5.76 Å². The fraction of sp³-hybridized carbons (Fsp3) is 0.333. The summed E-state index contributed by atoms with van der Waals surface area (Å²) in [5.74, 6) is -0.174. The highest BCUT2D eigenvalue weighted by Crippen LogP contribution is 2.38. The Labute approximate surface area is 186 Å². The number of hydrogen-bond acceptors (Lipinski definition) is 5. The van der Waals surface area contributed by atoms with Gasteiger partial charge in [0, 0.05) is 25.1 Å². The van der Waals surface area contributed by atoms with E-state index in [0.29, 0.717) is 19.7 Å². The Morgan fingerprint density at radius 3 is 2.74 bits per heavy atom. The van der Waals surface area contributed by atoms with Crippen LogP contribution in [0.2, 0.25) is 0 Å². The van der Waals surface area contributed by atoms with E-state index >= 15 is 0 Å². The number of amides is 2. The minimum Gasteiger partial charge on any atom is -0.459 e. The molecule has 31 heavy (non-hydrogen) atoms. The topological polar surface area (TPSA) is 63.0 Å². The van der Waals surface area contributed by atoms with Crippen molar-refractivity contribution in [3.05, 3.63) is 81.4 Å². The van der Waals surface area contributed by atoms with Crippen molar-refractivity contribution >= 4 is 23.2 Å². The number of carbonyl (C=O) groups excluding carboxylic acids is 2. The Morgan fingerprint density at radius 1 is 1.23 bits per heavy atom. The van der Waals surface area contributed by atoms with Gasteiger partial charge in [0.25, 0.3) is 5.91 Å². The minimum atomic E-state index is -0.310. The van der Waals surface area contributed by atoms with E-state index in [1.54, 1.807) is 30.6 Å². The number of thiophene rings is 1. The van der Waals surface area contributed by atoms with E-state index in [1.807, 2.05) is 4.90 Å². The number of hydrogen-bond donors (Lipinski definition) is 0. The van der Waals surface area contributed by atoms with Crippen molar-refractivity contribution in [1.29, 1.82) is 0 Å². The third kappa shape index (κ3) is 4.57. The van der Waals surface area contributed by atoms with E-state index < -0.39 is 0 Å². The fourth-order valence-corrected chi connectivity index (χ4v) is 4.86. The standard InChI is InChI=1S/C24H26N2O4S/c1-17-5-7-18(8-6-17)23-19-10-15-31-21(19)9-11-26(23)22(27)16-25(12-14-29-2)24(28)20-4-3-13-30-20/h3-8,10,13,15,23H,9,11-12,14,16H2,1-2H3. The number of rotatable bonds is 7. The summed E-state index contributed by atoms with van der Waals surface area (Å²) in [6.45, 7) is 3.31. The smallest absolute Gasteiger partial charge is 0.290 e. The Kier molecular flexibility index (Phi) is 6.53. The number of furan rings is 1. The van der Waals surface area contributed by atoms with Gasteiger partial charge in [-0.3, -0.25) is 9.59 Å². The second-order valence-electron chi connectivity index (χ2n) is 7.65. The number of fused-ring (bicyclic) bond motifs is 1. The molecule has 0 spiro atoms. The monoisotopic (exact) mass is 438 g/mol. The number of aryl methyl sites for hydroxylation is 1. The van der Waals surface area contributed by atoms with E-state index in [0.717, 1.165) is 12.0 Å². The summed E-state index contributed by atoms with van der Waals surface area (Å²) in [4.78, 5) is 31.1. The number of methoxy groups -OCH3 is 1. The number of nitrogens with zero attached hydrogens (tertiary/aromatic N) is 2. The Bertz CT molecular complexity index is 1030. The molecule has 0 fully saturated rings. The van der Waals surface area contributed by atoms with Gasteiger partial charge in [-0.15, -0.1) is 11.3 Å². The molecule has 1 aromatic carbocycles. The SMILES string of the molecule is COCCN(CC(=O)N1CCc2sccc2C1c1ccc(C)cc1)C(=O)c1ccco1. The molecule has 2 amide bonds. The van der Waals surface area contributed by atoms with Crippen LogP contribution in [-0.2, 0) is 16.0 Å². The van der Waals surface area contributed by atoms with Gasteiger partial charge in [0.05, 0.1) is 18.9 Å². The molecule has 162 valence electrons. The summed E-state index contributed by atoms with van der Waals surface area (Å²) in [6, 6.07) is 13.6. The van der Waals surface area contributed by atoms with Crippen LogP contribution in [0.25, 0.3) is 0 Å². The molecule has 7 heteroatoms. The first-order chi connectivity index (χ1) is 15.1. The summed E-state index contributed by atoms with van der Waals surface area (Å²) in [5, 5.41) is 2.09. The molecule has 6 nitrogen and oxygen atoms in total. The maximum absolute atomic E-state index is 13.5. The van der Waals surface area contributed by atoms with Gasteiger partial charge in [0.2, 0.25) is 5.91 Å². The van der Waals surface area contributed by atoms with Crippen molar-refractivity contribution in [3.63, 3.8) is 0 Å². The van der Waals surface area contributed by atoms with Crippen LogP contribution in [0, 0.1) is 6.92 Å². The zero-order chi connectivity index (χ0) is 21.8. The van der Waals surface area contributed by atoms with Gasteiger partial charge < -0.3 is 19.0 Å². The average Bonchev–Trinajstić information content (AvgIpc) is 3.48. The highest BCUT2D eigenvalue weighted by atomic mass is 32.1. The van der Waals surface area contributed by atoms with Gasteiger partial charge in [-0.2, -0.15) is 0 Å². The van der Waals surface area contributed by atoms with Crippen molar-refractivity contribution in [1.82, 2.24) is 9.80 Å². The average molecular weight is 439 g/mol. The summed E-state index contributed by atoms with van der Waals surface area (Å²) in [6.07, 6.45) is 2.28. The van der Waals surface area contributed by atoms with Gasteiger partial charge >= 0.3 is 0 Å². The molecular formula is C24H26N2O4S. The Hall–Kier alpha value is -2.90. The summed E-state index contributed by atoms with van der Waals surface area (Å²) >= 11 is 1.74. The highest BCUT2D eigenvalue weighted by Gasteiger charge is 2.34. The molecule has 1 aliphatic heterocycles. The Balaban J connectivity index is 1.60. The van der Waals surface area contributed by atoms with Crippen molar-refractivity contribution in [2.75, 3.05) is 33.4 Å². The van der Waals surface area contributed by atoms with Crippen LogP contribution in [0.5, 0.6) is 0 Å². The van der Waals surface area contributed by atoms with Crippen LogP contribution < -0.4 is 0 Å². The van der Waals surface area contributed by atoms with Crippen LogP contribution in [-0.4, -0.2) is 55.0 Å². The molecule has 0 saturated carbocycles. The van der Waals surface area contributed by atoms with Crippen LogP contribution in [0.15, 0.2) is 58.5 Å². The first kappa shape index (κ1) is 21.3. The van der Waals surface area contributed by atoms with E-state index in [2.05, 4.69) is 42.6 Å². The molecular weight excluding hydrogens is 412 g/mol. The van der Waals surface area contributed by atoms with Crippen molar-refractivity contribution in [2.45, 2.75) is 19.4 Å². The van der Waals surface area contributed by atoms with Crippen molar-refractivity contribution < 1.29 is 18.7 Å². The maximum atomic E-state index is 13.5. The van der Waals surface area contributed by atoms with Gasteiger partial charge in [0.1, 0.15) is 6.54 Å². The summed E-state index contributed by atoms with van der Waals surface area (Å²) in [7, 11) is 1.58.